The smallest absolute Gasteiger partial charge is 0.271 e. The second kappa shape index (κ2) is 12.6. The van der Waals surface area contributed by atoms with Crippen molar-refractivity contribution in [3.05, 3.63) is 0 Å². The highest BCUT2D eigenvalue weighted by Crippen LogP contribution is 2.31. The van der Waals surface area contributed by atoms with Gasteiger partial charge in [-0.15, -0.1) is 6.42 Å². The van der Waals surface area contributed by atoms with Crippen molar-refractivity contribution >= 4 is 0 Å². The van der Waals surface area contributed by atoms with Gasteiger partial charge in [-0.2, -0.15) is 0 Å². The molecule has 0 aromatic carbocycles. The molecular weight excluding hydrogens is 332 g/mol. The standard InChI is InChI=1S/C17H28O8/c1-2-3-18-4-5-19-6-7-20-8-9-21-10-11-22-12-17-13-23-16(24-14-17)25-15-17/h1,16H,3-15H2. The van der Waals surface area contributed by atoms with Crippen LogP contribution in [0, 0.1) is 17.8 Å². The highest BCUT2D eigenvalue weighted by Gasteiger charge is 2.43. The summed E-state index contributed by atoms with van der Waals surface area (Å²) in [4.78, 5) is 0. The lowest BCUT2D eigenvalue weighted by Crippen LogP contribution is -2.54. The first-order chi connectivity index (χ1) is 12.3. The molecule has 3 saturated heterocycles. The van der Waals surface area contributed by atoms with Gasteiger partial charge in [0.05, 0.1) is 84.7 Å². The van der Waals surface area contributed by atoms with Crippen LogP contribution in [0.15, 0.2) is 0 Å². The molecule has 25 heavy (non-hydrogen) atoms. The highest BCUT2D eigenvalue weighted by atomic mass is 16.9. The fourth-order valence-corrected chi connectivity index (χ4v) is 2.33. The summed E-state index contributed by atoms with van der Waals surface area (Å²) < 4.78 is 42.9. The van der Waals surface area contributed by atoms with Crippen LogP contribution in [-0.2, 0) is 37.9 Å². The van der Waals surface area contributed by atoms with E-state index < -0.39 is 6.48 Å². The minimum atomic E-state index is -0.489. The molecule has 0 saturated carbocycles. The van der Waals surface area contributed by atoms with Crippen LogP contribution in [-0.4, -0.2) is 92.4 Å². The van der Waals surface area contributed by atoms with Gasteiger partial charge in [0.25, 0.3) is 6.48 Å². The van der Waals surface area contributed by atoms with E-state index in [4.69, 9.17) is 44.3 Å². The molecule has 0 N–H and O–H groups in total. The maximum absolute atomic E-state index is 5.64. The van der Waals surface area contributed by atoms with Crippen LogP contribution in [0.2, 0.25) is 0 Å². The second-order valence-corrected chi connectivity index (χ2v) is 5.87. The van der Waals surface area contributed by atoms with Crippen LogP contribution in [0.1, 0.15) is 0 Å². The van der Waals surface area contributed by atoms with E-state index in [0.717, 1.165) is 0 Å². The molecule has 8 heteroatoms. The fourth-order valence-electron chi connectivity index (χ4n) is 2.33. The number of terminal acetylenes is 1. The van der Waals surface area contributed by atoms with Gasteiger partial charge in [0, 0.05) is 0 Å². The number of hydrogen-bond donors (Lipinski definition) is 0. The monoisotopic (exact) mass is 360 g/mol. The summed E-state index contributed by atoms with van der Waals surface area (Å²) in [5, 5.41) is 0. The first-order valence-corrected chi connectivity index (χ1v) is 8.52. The Kier molecular flexibility index (Phi) is 10.3. The maximum atomic E-state index is 5.64. The van der Waals surface area contributed by atoms with Gasteiger partial charge in [-0.05, 0) is 0 Å². The highest BCUT2D eigenvalue weighted by molar-refractivity contribution is 4.84. The number of ether oxygens (including phenoxy) is 8. The van der Waals surface area contributed by atoms with Crippen molar-refractivity contribution < 1.29 is 37.9 Å². The van der Waals surface area contributed by atoms with Crippen LogP contribution in [0.5, 0.6) is 0 Å². The molecular formula is C17H28O8. The average molecular weight is 360 g/mol. The molecule has 0 aromatic rings. The number of hydrogen-bond acceptors (Lipinski definition) is 8. The fraction of sp³-hybridized carbons (Fsp3) is 0.882. The van der Waals surface area contributed by atoms with Gasteiger partial charge in [-0.1, -0.05) is 5.92 Å². The Hall–Kier alpha value is -0.760. The molecule has 3 heterocycles. The molecule has 8 nitrogen and oxygen atoms in total. The molecule has 3 rings (SSSR count). The van der Waals surface area contributed by atoms with Crippen molar-refractivity contribution in [3.63, 3.8) is 0 Å². The van der Waals surface area contributed by atoms with E-state index in [0.29, 0.717) is 85.9 Å². The molecule has 0 atom stereocenters. The third kappa shape index (κ3) is 8.44. The van der Waals surface area contributed by atoms with Crippen molar-refractivity contribution in [3.8, 4) is 12.3 Å². The molecule has 0 radical (unpaired) electrons. The summed E-state index contributed by atoms with van der Waals surface area (Å²) in [6, 6.07) is 0. The topological polar surface area (TPSA) is 73.8 Å². The van der Waals surface area contributed by atoms with Crippen molar-refractivity contribution in [1.82, 2.24) is 0 Å². The van der Waals surface area contributed by atoms with E-state index in [1.807, 2.05) is 0 Å². The van der Waals surface area contributed by atoms with Gasteiger partial charge in [-0.25, -0.2) is 0 Å². The summed E-state index contributed by atoms with van der Waals surface area (Å²) in [5.74, 6) is 2.39. The first-order valence-electron chi connectivity index (χ1n) is 8.52. The summed E-state index contributed by atoms with van der Waals surface area (Å²) in [6.07, 6.45) is 5.05. The lowest BCUT2D eigenvalue weighted by Gasteiger charge is -2.44. The molecule has 0 aliphatic carbocycles. The molecule has 3 fully saturated rings. The normalized spacial score (nSPS) is 25.2. The Morgan fingerprint density at radius 3 is 1.64 bits per heavy atom. The SMILES string of the molecule is C#CCOCCOCCOCCOCCOCC12COC(OC1)OC2. The first kappa shape index (κ1) is 20.6. The summed E-state index contributed by atoms with van der Waals surface area (Å²) in [5.41, 5.74) is -0.177. The molecule has 0 unspecified atom stereocenters. The maximum Gasteiger partial charge on any atom is 0.271 e. The largest absolute Gasteiger partial charge is 0.378 e. The van der Waals surface area contributed by atoms with E-state index in [1.165, 1.54) is 0 Å². The lowest BCUT2D eigenvalue weighted by atomic mass is 9.91. The van der Waals surface area contributed by atoms with E-state index in [2.05, 4.69) is 5.92 Å². The van der Waals surface area contributed by atoms with Crippen molar-refractivity contribution in [2.75, 3.05) is 85.9 Å². The third-order valence-corrected chi connectivity index (χ3v) is 3.66. The Bertz CT molecular complexity index is 362. The Morgan fingerprint density at radius 1 is 0.720 bits per heavy atom. The zero-order chi connectivity index (χ0) is 17.6. The van der Waals surface area contributed by atoms with Gasteiger partial charge in [0.2, 0.25) is 0 Å². The molecule has 3 aliphatic heterocycles. The van der Waals surface area contributed by atoms with Gasteiger partial charge >= 0.3 is 0 Å². The minimum absolute atomic E-state index is 0.177. The van der Waals surface area contributed by atoms with Gasteiger partial charge < -0.3 is 37.9 Å². The summed E-state index contributed by atoms with van der Waals surface area (Å²) in [7, 11) is 0. The van der Waals surface area contributed by atoms with Crippen LogP contribution in [0.4, 0.5) is 0 Å². The minimum Gasteiger partial charge on any atom is -0.378 e. The van der Waals surface area contributed by atoms with Crippen LogP contribution < -0.4 is 0 Å². The van der Waals surface area contributed by atoms with E-state index in [1.54, 1.807) is 0 Å². The molecule has 144 valence electrons. The zero-order valence-electron chi connectivity index (χ0n) is 14.6. The predicted octanol–water partition coefficient (Wildman–Crippen LogP) is 0.0496. The second-order valence-electron chi connectivity index (χ2n) is 5.87. The van der Waals surface area contributed by atoms with E-state index in [-0.39, 0.29) is 5.41 Å². The predicted molar refractivity (Wildman–Crippen MR) is 87.0 cm³/mol. The summed E-state index contributed by atoms with van der Waals surface area (Å²) >= 11 is 0. The lowest BCUT2D eigenvalue weighted by molar-refractivity contribution is -0.399. The molecule has 0 amide bonds. The average Bonchev–Trinajstić information content (AvgIpc) is 2.66. The van der Waals surface area contributed by atoms with Gasteiger partial charge in [0.15, 0.2) is 0 Å². The molecule has 2 bridgehead atoms. The van der Waals surface area contributed by atoms with E-state index >= 15 is 0 Å². The Labute approximate surface area is 148 Å². The van der Waals surface area contributed by atoms with Crippen molar-refractivity contribution in [2.45, 2.75) is 6.48 Å². The zero-order valence-corrected chi connectivity index (χ0v) is 14.6. The molecule has 0 spiro atoms. The van der Waals surface area contributed by atoms with Gasteiger partial charge in [-0.3, -0.25) is 0 Å². The Morgan fingerprint density at radius 2 is 1.16 bits per heavy atom. The quantitative estimate of drug-likeness (QED) is 0.300. The molecule has 0 aromatic heterocycles. The number of rotatable bonds is 15. The summed E-state index contributed by atoms with van der Waals surface area (Å²) in [6.45, 7) is 6.38. The van der Waals surface area contributed by atoms with Crippen LogP contribution in [0.25, 0.3) is 0 Å². The van der Waals surface area contributed by atoms with Crippen LogP contribution >= 0.6 is 0 Å². The van der Waals surface area contributed by atoms with Crippen molar-refractivity contribution in [2.24, 2.45) is 5.41 Å². The van der Waals surface area contributed by atoms with Crippen LogP contribution in [0.3, 0.4) is 0 Å². The Balaban J connectivity index is 1.29. The number of fused-ring (bicyclic) bond motifs is 3. The van der Waals surface area contributed by atoms with Gasteiger partial charge in [0.1, 0.15) is 6.61 Å². The molecule has 3 aliphatic rings. The third-order valence-electron chi connectivity index (χ3n) is 3.66. The van der Waals surface area contributed by atoms with Crippen molar-refractivity contribution in [1.29, 1.82) is 0 Å². The van der Waals surface area contributed by atoms with E-state index in [9.17, 15) is 0 Å².